The van der Waals surface area contributed by atoms with E-state index in [9.17, 15) is 17.2 Å². The van der Waals surface area contributed by atoms with Gasteiger partial charge in [0.15, 0.2) is 0 Å². The fraction of sp³-hybridized carbons (Fsp3) is 0. The Morgan fingerprint density at radius 1 is 1.00 bits per heavy atom. The fourth-order valence-electron chi connectivity index (χ4n) is 2.61. The first-order chi connectivity index (χ1) is 12.9. The van der Waals surface area contributed by atoms with E-state index >= 15 is 0 Å². The lowest BCUT2D eigenvalue weighted by molar-refractivity contribution is 0.568. The van der Waals surface area contributed by atoms with Crippen molar-refractivity contribution >= 4 is 21.5 Å². The van der Waals surface area contributed by atoms with Crippen molar-refractivity contribution in [1.29, 1.82) is 0 Å². The SMILES string of the molecule is O=S(=O)(Nc1cccc(-c2cn3cccnc3n2)c1)c1cc(F)cc(F)c1. The van der Waals surface area contributed by atoms with Crippen LogP contribution in [-0.4, -0.2) is 22.8 Å². The maximum absolute atomic E-state index is 13.3. The zero-order valence-electron chi connectivity index (χ0n) is 13.7. The maximum Gasteiger partial charge on any atom is 0.262 e. The molecule has 0 saturated heterocycles. The molecule has 0 spiro atoms. The Bertz CT molecular complexity index is 1200. The fourth-order valence-corrected chi connectivity index (χ4v) is 3.70. The van der Waals surface area contributed by atoms with Crippen LogP contribution < -0.4 is 4.72 Å². The molecule has 136 valence electrons. The Hall–Kier alpha value is -3.33. The summed E-state index contributed by atoms with van der Waals surface area (Å²) in [5.41, 5.74) is 1.50. The highest BCUT2D eigenvalue weighted by Gasteiger charge is 2.17. The number of imidazole rings is 1. The van der Waals surface area contributed by atoms with Crippen molar-refractivity contribution in [3.8, 4) is 11.3 Å². The molecule has 0 radical (unpaired) electrons. The second kappa shape index (κ2) is 6.44. The lowest BCUT2D eigenvalue weighted by atomic mass is 10.1. The third kappa shape index (κ3) is 3.49. The van der Waals surface area contributed by atoms with Gasteiger partial charge in [-0.25, -0.2) is 27.2 Å². The van der Waals surface area contributed by atoms with Crippen LogP contribution in [0.5, 0.6) is 0 Å². The molecule has 0 bridgehead atoms. The zero-order chi connectivity index (χ0) is 19.0. The molecule has 2 aromatic carbocycles. The molecular weight excluding hydrogens is 374 g/mol. The lowest BCUT2D eigenvalue weighted by Gasteiger charge is -2.09. The predicted molar refractivity (Wildman–Crippen MR) is 95.6 cm³/mol. The van der Waals surface area contributed by atoms with E-state index in [0.717, 1.165) is 12.1 Å². The van der Waals surface area contributed by atoms with Crippen molar-refractivity contribution in [3.05, 3.63) is 78.8 Å². The molecule has 2 aromatic heterocycles. The molecule has 4 rings (SSSR count). The van der Waals surface area contributed by atoms with Gasteiger partial charge in [-0.1, -0.05) is 12.1 Å². The summed E-state index contributed by atoms with van der Waals surface area (Å²) in [6.45, 7) is 0. The molecule has 0 atom stereocenters. The second-order valence-corrected chi connectivity index (χ2v) is 7.43. The minimum atomic E-state index is -4.15. The number of nitrogens with zero attached hydrogens (tertiary/aromatic N) is 3. The first-order valence-corrected chi connectivity index (χ1v) is 9.28. The van der Waals surface area contributed by atoms with Gasteiger partial charge in [0.2, 0.25) is 5.78 Å². The molecule has 0 unspecified atom stereocenters. The monoisotopic (exact) mass is 386 g/mol. The van der Waals surface area contributed by atoms with Crippen LogP contribution in [0.4, 0.5) is 14.5 Å². The summed E-state index contributed by atoms with van der Waals surface area (Å²) in [7, 11) is -4.15. The van der Waals surface area contributed by atoms with Gasteiger partial charge in [0, 0.05) is 35.9 Å². The molecule has 0 fully saturated rings. The number of hydrogen-bond donors (Lipinski definition) is 1. The first kappa shape index (κ1) is 17.1. The summed E-state index contributed by atoms with van der Waals surface area (Å²) in [4.78, 5) is 8.01. The number of hydrogen-bond acceptors (Lipinski definition) is 4. The number of nitrogens with one attached hydrogen (secondary N) is 1. The highest BCUT2D eigenvalue weighted by molar-refractivity contribution is 7.92. The number of anilines is 1. The molecule has 0 aliphatic heterocycles. The quantitative estimate of drug-likeness (QED) is 0.583. The Morgan fingerprint density at radius 2 is 1.78 bits per heavy atom. The van der Waals surface area contributed by atoms with Crippen LogP contribution in [0.1, 0.15) is 0 Å². The number of fused-ring (bicyclic) bond motifs is 1. The molecule has 27 heavy (non-hydrogen) atoms. The van der Waals surface area contributed by atoms with Gasteiger partial charge in [-0.15, -0.1) is 0 Å². The van der Waals surface area contributed by atoms with Gasteiger partial charge in [0.1, 0.15) is 11.6 Å². The van der Waals surface area contributed by atoms with Crippen molar-refractivity contribution in [2.24, 2.45) is 0 Å². The molecule has 0 amide bonds. The topological polar surface area (TPSA) is 76.4 Å². The number of aromatic nitrogens is 3. The molecule has 0 aliphatic carbocycles. The van der Waals surface area contributed by atoms with Gasteiger partial charge in [-0.3, -0.25) is 9.12 Å². The van der Waals surface area contributed by atoms with Crippen LogP contribution in [0.15, 0.2) is 72.0 Å². The van der Waals surface area contributed by atoms with Gasteiger partial charge < -0.3 is 0 Å². The standard InChI is InChI=1S/C18H12F2N4O2S/c19-13-8-14(20)10-16(9-13)27(25,26)23-15-4-1-3-12(7-15)17-11-24-6-2-5-21-18(24)22-17/h1-11,23H. The molecular formula is C18H12F2N4O2S. The predicted octanol–water partition coefficient (Wildman–Crippen LogP) is 3.48. The van der Waals surface area contributed by atoms with Crippen molar-refractivity contribution < 1.29 is 17.2 Å². The van der Waals surface area contributed by atoms with Crippen molar-refractivity contribution in [1.82, 2.24) is 14.4 Å². The molecule has 0 aliphatic rings. The molecule has 6 nitrogen and oxygen atoms in total. The summed E-state index contributed by atoms with van der Waals surface area (Å²) >= 11 is 0. The van der Waals surface area contributed by atoms with Gasteiger partial charge in [-0.2, -0.15) is 0 Å². The van der Waals surface area contributed by atoms with E-state index in [-0.39, 0.29) is 5.69 Å². The van der Waals surface area contributed by atoms with Crippen LogP contribution in [0, 0.1) is 11.6 Å². The Labute approximate surface area is 153 Å². The summed E-state index contributed by atoms with van der Waals surface area (Å²) in [5.74, 6) is -1.43. The van der Waals surface area contributed by atoms with E-state index in [2.05, 4.69) is 14.7 Å². The van der Waals surface area contributed by atoms with Crippen LogP contribution in [0.3, 0.4) is 0 Å². The Morgan fingerprint density at radius 3 is 2.52 bits per heavy atom. The van der Waals surface area contributed by atoms with Crippen molar-refractivity contribution in [3.63, 3.8) is 0 Å². The van der Waals surface area contributed by atoms with E-state index in [1.54, 1.807) is 47.3 Å². The van der Waals surface area contributed by atoms with Crippen molar-refractivity contribution in [2.45, 2.75) is 4.90 Å². The zero-order valence-corrected chi connectivity index (χ0v) is 14.5. The average molecular weight is 386 g/mol. The van der Waals surface area contributed by atoms with E-state index in [1.807, 2.05) is 0 Å². The lowest BCUT2D eigenvalue weighted by Crippen LogP contribution is -2.13. The van der Waals surface area contributed by atoms with Crippen molar-refractivity contribution in [2.75, 3.05) is 4.72 Å². The normalized spacial score (nSPS) is 11.6. The van der Waals surface area contributed by atoms with Crippen LogP contribution in [-0.2, 0) is 10.0 Å². The maximum atomic E-state index is 13.3. The number of benzene rings is 2. The molecule has 0 saturated carbocycles. The van der Waals surface area contributed by atoms with Gasteiger partial charge in [0.25, 0.3) is 10.0 Å². The number of rotatable bonds is 4. The third-order valence-corrected chi connectivity index (χ3v) is 5.15. The Kier molecular flexibility index (Phi) is 4.08. The summed E-state index contributed by atoms with van der Waals surface area (Å²) in [6.07, 6.45) is 5.18. The van der Waals surface area contributed by atoms with Crippen LogP contribution in [0.25, 0.3) is 17.0 Å². The number of sulfonamides is 1. The minimum absolute atomic E-state index is 0.238. The molecule has 2 heterocycles. The van der Waals surface area contributed by atoms with Gasteiger partial charge >= 0.3 is 0 Å². The molecule has 4 aromatic rings. The molecule has 1 N–H and O–H groups in total. The smallest absolute Gasteiger partial charge is 0.262 e. The first-order valence-electron chi connectivity index (χ1n) is 7.80. The highest BCUT2D eigenvalue weighted by Crippen LogP contribution is 2.24. The highest BCUT2D eigenvalue weighted by atomic mass is 32.2. The second-order valence-electron chi connectivity index (χ2n) is 5.74. The van der Waals surface area contributed by atoms with E-state index in [1.165, 1.54) is 6.07 Å². The van der Waals surface area contributed by atoms with E-state index in [4.69, 9.17) is 0 Å². The molecule has 9 heteroatoms. The summed E-state index contributed by atoms with van der Waals surface area (Å²) in [6, 6.07) is 10.4. The largest absolute Gasteiger partial charge is 0.291 e. The van der Waals surface area contributed by atoms with E-state index in [0.29, 0.717) is 23.1 Å². The van der Waals surface area contributed by atoms with Crippen LogP contribution >= 0.6 is 0 Å². The summed E-state index contributed by atoms with van der Waals surface area (Å²) in [5, 5.41) is 0. The minimum Gasteiger partial charge on any atom is -0.291 e. The van der Waals surface area contributed by atoms with Crippen LogP contribution in [0.2, 0.25) is 0 Å². The van der Waals surface area contributed by atoms with Gasteiger partial charge in [0.05, 0.1) is 10.6 Å². The Balaban J connectivity index is 1.68. The van der Waals surface area contributed by atoms with E-state index < -0.39 is 26.6 Å². The number of halogens is 2. The van der Waals surface area contributed by atoms with Gasteiger partial charge in [-0.05, 0) is 30.3 Å². The third-order valence-electron chi connectivity index (χ3n) is 3.79. The average Bonchev–Trinajstić information content (AvgIpc) is 3.05. The summed E-state index contributed by atoms with van der Waals surface area (Å²) < 4.78 is 55.6.